The number of para-hydroxylation sites is 2. The fourth-order valence-electron chi connectivity index (χ4n) is 7.02. The van der Waals surface area contributed by atoms with Crippen molar-refractivity contribution in [3.63, 3.8) is 0 Å². The summed E-state index contributed by atoms with van der Waals surface area (Å²) in [7, 11) is 2.05. The summed E-state index contributed by atoms with van der Waals surface area (Å²) in [6, 6.07) is 42.2. The summed E-state index contributed by atoms with van der Waals surface area (Å²) in [5.74, 6) is 3.31. The normalized spacial score (nSPS) is 13.6. The zero-order chi connectivity index (χ0) is 31.0. The van der Waals surface area contributed by atoms with Crippen LogP contribution in [0.25, 0.3) is 50.0 Å². The van der Waals surface area contributed by atoms with Crippen LogP contribution in [0.4, 0.5) is 0 Å². The van der Waals surface area contributed by atoms with Crippen molar-refractivity contribution in [3.8, 4) is 28.7 Å². The average molecular weight is 615 g/mol. The van der Waals surface area contributed by atoms with Crippen LogP contribution in [0.15, 0.2) is 137 Å². The lowest BCUT2D eigenvalue weighted by Gasteiger charge is -2.35. The number of hydrogen-bond acceptors (Lipinski definition) is 4. The van der Waals surface area contributed by atoms with Crippen LogP contribution in [0.2, 0.25) is 0 Å². The number of nitrogens with zero attached hydrogens (tertiary/aromatic N) is 4. The van der Waals surface area contributed by atoms with Gasteiger partial charge in [0.05, 0.1) is 22.1 Å². The molecule has 0 atom stereocenters. The minimum atomic E-state index is -0.113. The molecule has 0 aliphatic carbocycles. The number of aryl methyl sites for hydroxylation is 1. The van der Waals surface area contributed by atoms with E-state index in [1.165, 1.54) is 31.7 Å². The number of pyridine rings is 1. The van der Waals surface area contributed by atoms with Crippen LogP contribution >= 0.6 is 11.8 Å². The first-order valence-corrected chi connectivity index (χ1v) is 16.3. The van der Waals surface area contributed by atoms with Gasteiger partial charge in [-0.05, 0) is 71.8 Å². The smallest absolute Gasteiger partial charge is 0.140 e. The largest absolute Gasteiger partial charge is 0.457 e. The highest BCUT2D eigenvalue weighted by atomic mass is 32.2. The number of ether oxygens (including phenoxy) is 1. The lowest BCUT2D eigenvalue weighted by molar-refractivity contribution is 0.483. The molecule has 9 rings (SSSR count). The molecular formula is C40H30N4OS. The first kappa shape index (κ1) is 27.0. The van der Waals surface area contributed by atoms with Gasteiger partial charge >= 0.3 is 0 Å². The Bertz CT molecular complexity index is 2470. The van der Waals surface area contributed by atoms with Gasteiger partial charge in [-0.15, -0.1) is 0 Å². The Morgan fingerprint density at radius 2 is 1.52 bits per heavy atom. The van der Waals surface area contributed by atoms with Crippen LogP contribution in [-0.2, 0) is 12.5 Å². The average Bonchev–Trinajstić information content (AvgIpc) is 3.60. The Labute approximate surface area is 271 Å². The molecule has 0 spiro atoms. The SMILES string of the molecule is Cn1c(-c2cccc(Oc3ccc4c5c6c(ccc5n(-c5ccccn5)c4c3)C(C)(C)c3ccccc3S6)c2)nc2ccccc21. The standard InChI is InChI=1S/C40H30N4OS/c1-40(2)29-13-4-7-16-35(29)46-38-30(40)20-21-33-37(38)28-19-18-27(24-34(28)44(33)36-17-8-9-22-41-36)45-26-12-10-11-25(23-26)39-42-31-14-5-6-15-32(31)43(39)3/h4-24H,1-3H3. The quantitative estimate of drug-likeness (QED) is 0.198. The second-order valence-electron chi connectivity index (χ2n) is 12.4. The highest BCUT2D eigenvalue weighted by molar-refractivity contribution is 7.99. The van der Waals surface area contributed by atoms with Gasteiger partial charge in [-0.2, -0.15) is 0 Å². The lowest BCUT2D eigenvalue weighted by Crippen LogP contribution is -2.23. The molecule has 222 valence electrons. The molecule has 1 aliphatic heterocycles. The molecule has 0 amide bonds. The first-order valence-electron chi connectivity index (χ1n) is 15.5. The van der Waals surface area contributed by atoms with Gasteiger partial charge in [0.1, 0.15) is 23.1 Å². The summed E-state index contributed by atoms with van der Waals surface area (Å²) < 4.78 is 11.0. The van der Waals surface area contributed by atoms with E-state index in [0.29, 0.717) is 0 Å². The van der Waals surface area contributed by atoms with Crippen molar-refractivity contribution in [2.45, 2.75) is 29.1 Å². The molecule has 8 aromatic rings. The number of benzene rings is 5. The van der Waals surface area contributed by atoms with Crippen molar-refractivity contribution >= 4 is 44.6 Å². The second kappa shape index (κ2) is 10.1. The maximum atomic E-state index is 6.57. The van der Waals surface area contributed by atoms with Gasteiger partial charge < -0.3 is 9.30 Å². The van der Waals surface area contributed by atoms with E-state index in [0.717, 1.165) is 50.8 Å². The van der Waals surface area contributed by atoms with Crippen molar-refractivity contribution in [1.29, 1.82) is 0 Å². The Morgan fingerprint density at radius 1 is 0.696 bits per heavy atom. The summed E-state index contributed by atoms with van der Waals surface area (Å²) in [5.41, 5.74) is 7.89. The van der Waals surface area contributed by atoms with E-state index in [4.69, 9.17) is 14.7 Å². The Morgan fingerprint density at radius 3 is 2.39 bits per heavy atom. The van der Waals surface area contributed by atoms with Gasteiger partial charge in [-0.3, -0.25) is 4.57 Å². The Balaban J connectivity index is 1.20. The molecular weight excluding hydrogens is 585 g/mol. The van der Waals surface area contributed by atoms with Crippen LogP contribution in [0.1, 0.15) is 25.0 Å². The summed E-state index contributed by atoms with van der Waals surface area (Å²) in [5, 5.41) is 2.43. The minimum absolute atomic E-state index is 0.113. The molecule has 6 heteroatoms. The molecule has 5 nitrogen and oxygen atoms in total. The second-order valence-corrected chi connectivity index (χ2v) is 13.4. The monoisotopic (exact) mass is 614 g/mol. The molecule has 0 bridgehead atoms. The van der Waals surface area contributed by atoms with E-state index in [2.05, 4.69) is 109 Å². The highest BCUT2D eigenvalue weighted by Gasteiger charge is 2.35. The third kappa shape index (κ3) is 4.03. The summed E-state index contributed by atoms with van der Waals surface area (Å²) in [6.45, 7) is 4.67. The van der Waals surface area contributed by atoms with Crippen LogP contribution in [-0.4, -0.2) is 19.1 Å². The maximum absolute atomic E-state index is 6.57. The zero-order valence-electron chi connectivity index (χ0n) is 25.7. The van der Waals surface area contributed by atoms with E-state index in [9.17, 15) is 0 Å². The van der Waals surface area contributed by atoms with Gasteiger partial charge in [0.15, 0.2) is 0 Å². The van der Waals surface area contributed by atoms with Gasteiger partial charge in [0, 0.05) is 50.9 Å². The molecule has 0 fully saturated rings. The Hall–Kier alpha value is -5.33. The molecule has 0 saturated heterocycles. The fraction of sp³-hybridized carbons (Fsp3) is 0.100. The van der Waals surface area contributed by atoms with Crippen molar-refractivity contribution in [1.82, 2.24) is 19.1 Å². The lowest BCUT2D eigenvalue weighted by atomic mass is 9.77. The number of hydrogen-bond donors (Lipinski definition) is 0. The molecule has 0 unspecified atom stereocenters. The van der Waals surface area contributed by atoms with E-state index < -0.39 is 0 Å². The molecule has 0 radical (unpaired) electrons. The number of imidazole rings is 1. The van der Waals surface area contributed by atoms with Crippen molar-refractivity contribution in [2.75, 3.05) is 0 Å². The van der Waals surface area contributed by atoms with E-state index in [1.54, 1.807) is 0 Å². The van der Waals surface area contributed by atoms with E-state index >= 15 is 0 Å². The summed E-state index contributed by atoms with van der Waals surface area (Å²) in [6.07, 6.45) is 1.85. The predicted octanol–water partition coefficient (Wildman–Crippen LogP) is 10.3. The van der Waals surface area contributed by atoms with Crippen molar-refractivity contribution < 1.29 is 4.74 Å². The van der Waals surface area contributed by atoms with Gasteiger partial charge in [-0.1, -0.05) is 80.2 Å². The molecule has 3 aromatic heterocycles. The summed E-state index contributed by atoms with van der Waals surface area (Å²) >= 11 is 1.87. The maximum Gasteiger partial charge on any atom is 0.140 e. The van der Waals surface area contributed by atoms with Crippen molar-refractivity contribution in [2.24, 2.45) is 7.05 Å². The summed E-state index contributed by atoms with van der Waals surface area (Å²) in [4.78, 5) is 12.3. The molecule has 1 aliphatic rings. The number of fused-ring (bicyclic) bond motifs is 7. The minimum Gasteiger partial charge on any atom is -0.457 e. The molecule has 46 heavy (non-hydrogen) atoms. The molecule has 5 aromatic carbocycles. The van der Waals surface area contributed by atoms with Gasteiger partial charge in [-0.25, -0.2) is 9.97 Å². The van der Waals surface area contributed by atoms with Gasteiger partial charge in [0.25, 0.3) is 0 Å². The van der Waals surface area contributed by atoms with Crippen LogP contribution in [0.3, 0.4) is 0 Å². The first-order chi connectivity index (χ1) is 22.5. The third-order valence-corrected chi connectivity index (χ3v) is 10.5. The molecule has 0 N–H and O–H groups in total. The van der Waals surface area contributed by atoms with Crippen LogP contribution < -0.4 is 4.74 Å². The van der Waals surface area contributed by atoms with E-state index in [-0.39, 0.29) is 5.41 Å². The van der Waals surface area contributed by atoms with Crippen LogP contribution in [0.5, 0.6) is 11.5 Å². The topological polar surface area (TPSA) is 44.9 Å². The molecule has 4 heterocycles. The predicted molar refractivity (Wildman–Crippen MR) is 187 cm³/mol. The number of rotatable bonds is 4. The van der Waals surface area contributed by atoms with Crippen molar-refractivity contribution in [3.05, 3.63) is 139 Å². The zero-order valence-corrected chi connectivity index (χ0v) is 26.5. The van der Waals surface area contributed by atoms with Crippen LogP contribution in [0, 0.1) is 0 Å². The fourth-order valence-corrected chi connectivity index (χ4v) is 8.57. The molecule has 0 saturated carbocycles. The third-order valence-electron chi connectivity index (χ3n) is 9.30. The number of aromatic nitrogens is 4. The Kier molecular flexibility index (Phi) is 5.93. The van der Waals surface area contributed by atoms with E-state index in [1.807, 2.05) is 60.4 Å². The highest BCUT2D eigenvalue weighted by Crippen LogP contribution is 2.53. The van der Waals surface area contributed by atoms with Gasteiger partial charge in [0.2, 0.25) is 0 Å².